The molecule has 1 heterocycles. The Morgan fingerprint density at radius 2 is 2.21 bits per heavy atom. The Kier molecular flexibility index (Phi) is 3.96. The summed E-state index contributed by atoms with van der Waals surface area (Å²) >= 11 is 1.39. The number of anilines is 1. The van der Waals surface area contributed by atoms with Gasteiger partial charge in [0.25, 0.3) is 0 Å². The number of alkyl carbamates (subject to hydrolysis) is 1. The number of fused-ring (bicyclic) bond motifs is 1. The van der Waals surface area contributed by atoms with Crippen molar-refractivity contribution in [1.82, 2.24) is 10.3 Å². The van der Waals surface area contributed by atoms with Crippen molar-refractivity contribution in [1.29, 1.82) is 0 Å². The molecular weight excluding hydrogens is 266 g/mol. The van der Waals surface area contributed by atoms with Crippen LogP contribution in [0.3, 0.4) is 0 Å². The van der Waals surface area contributed by atoms with Gasteiger partial charge in [0.2, 0.25) is 5.91 Å². The highest BCUT2D eigenvalue weighted by Crippen LogP contribution is 2.27. The van der Waals surface area contributed by atoms with E-state index in [4.69, 9.17) is 0 Å². The van der Waals surface area contributed by atoms with Crippen LogP contribution in [-0.4, -0.2) is 30.6 Å². The number of carbonyl (C=O) groups excluding carboxylic acids is 2. The molecule has 0 aliphatic carbocycles. The number of hydrogen-bond donors (Lipinski definition) is 2. The SMILES string of the molecule is COC(=O)NCC(=O)Nc1nc2c(C)cccc2s1. The fraction of sp³-hybridized carbons (Fsp3) is 0.250. The zero-order valence-corrected chi connectivity index (χ0v) is 11.3. The number of aryl methyl sites for hydroxylation is 1. The number of benzene rings is 1. The van der Waals surface area contributed by atoms with Crippen LogP contribution >= 0.6 is 11.3 Å². The molecule has 1 aromatic carbocycles. The van der Waals surface area contributed by atoms with Gasteiger partial charge in [-0.05, 0) is 18.6 Å². The third-order valence-corrected chi connectivity index (χ3v) is 3.38. The highest BCUT2D eigenvalue weighted by atomic mass is 32.1. The Morgan fingerprint density at radius 3 is 2.89 bits per heavy atom. The maximum atomic E-state index is 11.6. The van der Waals surface area contributed by atoms with Gasteiger partial charge in [0.1, 0.15) is 6.54 Å². The quantitative estimate of drug-likeness (QED) is 0.899. The van der Waals surface area contributed by atoms with Crippen molar-refractivity contribution in [3.63, 3.8) is 0 Å². The fourth-order valence-electron chi connectivity index (χ4n) is 1.53. The molecule has 2 amide bonds. The maximum absolute atomic E-state index is 11.6. The number of hydrogen-bond acceptors (Lipinski definition) is 5. The van der Waals surface area contributed by atoms with E-state index in [0.717, 1.165) is 15.8 Å². The first-order valence-corrected chi connectivity index (χ1v) is 6.39. The molecule has 2 N–H and O–H groups in total. The molecule has 0 spiro atoms. The molecular formula is C12H13N3O3S. The van der Waals surface area contributed by atoms with E-state index >= 15 is 0 Å². The minimum absolute atomic E-state index is 0.151. The Labute approximate surface area is 113 Å². The van der Waals surface area contributed by atoms with Crippen molar-refractivity contribution in [3.8, 4) is 0 Å². The Hall–Kier alpha value is -2.15. The second-order valence-corrected chi connectivity index (χ2v) is 4.86. The molecule has 2 aromatic rings. The van der Waals surface area contributed by atoms with Crippen molar-refractivity contribution in [3.05, 3.63) is 23.8 Å². The van der Waals surface area contributed by atoms with Crippen LogP contribution in [-0.2, 0) is 9.53 Å². The summed E-state index contributed by atoms with van der Waals surface area (Å²) in [5.74, 6) is -0.345. The topological polar surface area (TPSA) is 80.3 Å². The minimum Gasteiger partial charge on any atom is -0.453 e. The van der Waals surface area contributed by atoms with Gasteiger partial charge in [-0.15, -0.1) is 0 Å². The van der Waals surface area contributed by atoms with Crippen LogP contribution in [0.2, 0.25) is 0 Å². The molecule has 7 heteroatoms. The molecule has 0 aliphatic heterocycles. The summed E-state index contributed by atoms with van der Waals surface area (Å²) in [6.45, 7) is 1.81. The molecule has 19 heavy (non-hydrogen) atoms. The zero-order chi connectivity index (χ0) is 13.8. The largest absolute Gasteiger partial charge is 0.453 e. The smallest absolute Gasteiger partial charge is 0.407 e. The van der Waals surface area contributed by atoms with Gasteiger partial charge in [-0.3, -0.25) is 4.79 Å². The van der Waals surface area contributed by atoms with Crippen molar-refractivity contribution in [2.24, 2.45) is 0 Å². The van der Waals surface area contributed by atoms with Gasteiger partial charge in [0.05, 0.1) is 17.3 Å². The number of thiazole rings is 1. The van der Waals surface area contributed by atoms with Crippen molar-refractivity contribution in [2.45, 2.75) is 6.92 Å². The average Bonchev–Trinajstić information content (AvgIpc) is 2.80. The lowest BCUT2D eigenvalue weighted by Gasteiger charge is -2.02. The number of rotatable bonds is 3. The number of amides is 2. The standard InChI is InChI=1S/C12H13N3O3S/c1-7-4-3-5-8-10(7)15-11(19-8)14-9(16)6-13-12(17)18-2/h3-5H,6H2,1-2H3,(H,13,17)(H,14,15,16). The molecule has 6 nitrogen and oxygen atoms in total. The molecule has 0 unspecified atom stereocenters. The molecule has 0 saturated carbocycles. The van der Waals surface area contributed by atoms with Crippen LogP contribution in [0.25, 0.3) is 10.2 Å². The van der Waals surface area contributed by atoms with Crippen LogP contribution in [0.5, 0.6) is 0 Å². The first-order valence-electron chi connectivity index (χ1n) is 5.58. The van der Waals surface area contributed by atoms with E-state index in [2.05, 4.69) is 20.4 Å². The summed E-state index contributed by atoms with van der Waals surface area (Å²) in [4.78, 5) is 26.7. The zero-order valence-electron chi connectivity index (χ0n) is 10.5. The van der Waals surface area contributed by atoms with E-state index in [1.807, 2.05) is 25.1 Å². The van der Waals surface area contributed by atoms with Crippen molar-refractivity contribution in [2.75, 3.05) is 19.0 Å². The van der Waals surface area contributed by atoms with Gasteiger partial charge < -0.3 is 15.4 Å². The highest BCUT2D eigenvalue weighted by molar-refractivity contribution is 7.22. The van der Waals surface area contributed by atoms with Gasteiger partial charge in [0.15, 0.2) is 5.13 Å². The lowest BCUT2D eigenvalue weighted by molar-refractivity contribution is -0.115. The Bertz CT molecular complexity index is 624. The van der Waals surface area contributed by atoms with Gasteiger partial charge in [-0.1, -0.05) is 23.5 Å². The van der Waals surface area contributed by atoms with Gasteiger partial charge in [0, 0.05) is 0 Å². The molecule has 0 radical (unpaired) electrons. The predicted molar refractivity (Wildman–Crippen MR) is 73.4 cm³/mol. The summed E-state index contributed by atoms with van der Waals surface area (Å²) in [7, 11) is 1.24. The first kappa shape index (κ1) is 13.3. The molecule has 2 rings (SSSR count). The molecule has 0 saturated heterocycles. The van der Waals surface area contributed by atoms with Crippen LogP contribution < -0.4 is 10.6 Å². The lowest BCUT2D eigenvalue weighted by atomic mass is 10.2. The third-order valence-electron chi connectivity index (χ3n) is 2.45. The van der Waals surface area contributed by atoms with E-state index in [-0.39, 0.29) is 12.5 Å². The average molecular weight is 279 g/mol. The molecule has 0 atom stereocenters. The van der Waals surface area contributed by atoms with Crippen LogP contribution in [0, 0.1) is 6.92 Å². The summed E-state index contributed by atoms with van der Waals surface area (Å²) in [5.41, 5.74) is 1.94. The first-order chi connectivity index (χ1) is 9.10. The van der Waals surface area contributed by atoms with E-state index in [0.29, 0.717) is 5.13 Å². The van der Waals surface area contributed by atoms with E-state index in [1.54, 1.807) is 0 Å². The molecule has 1 aromatic heterocycles. The summed E-state index contributed by atoms with van der Waals surface area (Å²) < 4.78 is 5.38. The second kappa shape index (κ2) is 5.66. The van der Waals surface area contributed by atoms with Gasteiger partial charge in [-0.25, -0.2) is 9.78 Å². The highest BCUT2D eigenvalue weighted by Gasteiger charge is 2.10. The summed E-state index contributed by atoms with van der Waals surface area (Å²) in [6, 6.07) is 5.86. The number of nitrogens with zero attached hydrogens (tertiary/aromatic N) is 1. The van der Waals surface area contributed by atoms with Crippen molar-refractivity contribution < 1.29 is 14.3 Å². The van der Waals surface area contributed by atoms with Gasteiger partial charge >= 0.3 is 6.09 Å². The Morgan fingerprint density at radius 1 is 1.42 bits per heavy atom. The number of ether oxygens (including phenoxy) is 1. The third kappa shape index (κ3) is 3.19. The Balaban J connectivity index is 2.03. The van der Waals surface area contributed by atoms with Crippen LogP contribution in [0.1, 0.15) is 5.56 Å². The van der Waals surface area contributed by atoms with Crippen LogP contribution in [0.4, 0.5) is 9.93 Å². The van der Waals surface area contributed by atoms with E-state index in [1.165, 1.54) is 18.4 Å². The van der Waals surface area contributed by atoms with Crippen LogP contribution in [0.15, 0.2) is 18.2 Å². The minimum atomic E-state index is -0.643. The lowest BCUT2D eigenvalue weighted by Crippen LogP contribution is -2.32. The fourth-order valence-corrected chi connectivity index (χ4v) is 2.49. The molecule has 100 valence electrons. The normalized spacial score (nSPS) is 10.2. The summed E-state index contributed by atoms with van der Waals surface area (Å²) in [5, 5.41) is 5.45. The van der Waals surface area contributed by atoms with Crippen molar-refractivity contribution >= 4 is 38.7 Å². The number of methoxy groups -OCH3 is 1. The number of aromatic nitrogens is 1. The second-order valence-electron chi connectivity index (χ2n) is 3.83. The monoisotopic (exact) mass is 279 g/mol. The predicted octanol–water partition coefficient (Wildman–Crippen LogP) is 1.90. The number of carbonyl (C=O) groups is 2. The molecule has 0 fully saturated rings. The number of para-hydroxylation sites is 1. The number of nitrogens with one attached hydrogen (secondary N) is 2. The molecule has 0 aliphatic rings. The van der Waals surface area contributed by atoms with Gasteiger partial charge in [-0.2, -0.15) is 0 Å². The molecule has 0 bridgehead atoms. The maximum Gasteiger partial charge on any atom is 0.407 e. The van der Waals surface area contributed by atoms with E-state index < -0.39 is 6.09 Å². The van der Waals surface area contributed by atoms with E-state index in [9.17, 15) is 9.59 Å². The summed E-state index contributed by atoms with van der Waals surface area (Å²) in [6.07, 6.45) is -0.643.